The first kappa shape index (κ1) is 26.9. The van der Waals surface area contributed by atoms with Crippen LogP contribution in [0.25, 0.3) is 22.3 Å². The van der Waals surface area contributed by atoms with Crippen LogP contribution in [0.4, 0.5) is 4.39 Å². The van der Waals surface area contributed by atoms with Gasteiger partial charge in [0.05, 0.1) is 6.26 Å². The van der Waals surface area contributed by atoms with Gasteiger partial charge in [-0.05, 0) is 91.0 Å². The minimum atomic E-state index is -0.255. The third-order valence-electron chi connectivity index (χ3n) is 7.05. The molecule has 1 aliphatic carbocycles. The van der Waals surface area contributed by atoms with E-state index in [0.717, 1.165) is 27.8 Å². The number of allylic oxidation sites excluding steroid dienone is 1. The number of halogens is 1. The number of ether oxygens (including phenoxy) is 2. The molecule has 1 fully saturated rings. The van der Waals surface area contributed by atoms with Gasteiger partial charge in [0, 0.05) is 12.2 Å². The molecule has 0 aromatic heterocycles. The Bertz CT molecular complexity index is 1170. The van der Waals surface area contributed by atoms with Crippen LogP contribution in [0.15, 0.2) is 72.5 Å². The van der Waals surface area contributed by atoms with E-state index >= 15 is 4.39 Å². The van der Waals surface area contributed by atoms with Gasteiger partial charge in [0.1, 0.15) is 24.8 Å². The van der Waals surface area contributed by atoms with Crippen molar-refractivity contribution in [2.75, 3.05) is 19.8 Å². The summed E-state index contributed by atoms with van der Waals surface area (Å²) in [5.41, 5.74) is 6.71. The summed E-state index contributed by atoms with van der Waals surface area (Å²) in [7, 11) is 0. The van der Waals surface area contributed by atoms with Gasteiger partial charge in [-0.2, -0.15) is 0 Å². The van der Waals surface area contributed by atoms with Gasteiger partial charge in [-0.3, -0.25) is 0 Å². The van der Waals surface area contributed by atoms with Gasteiger partial charge >= 0.3 is 0 Å². The molecule has 0 saturated heterocycles. The molecule has 3 nitrogen and oxygen atoms in total. The van der Waals surface area contributed by atoms with Crippen molar-refractivity contribution in [3.8, 4) is 28.0 Å². The molecule has 0 bridgehead atoms. The fraction of sp³-hybridized carbons (Fsp3) is 0.394. The van der Waals surface area contributed by atoms with Crippen molar-refractivity contribution in [3.05, 3.63) is 89.4 Å². The maximum Gasteiger partial charge on any atom is 0.131 e. The Hall–Kier alpha value is -3.11. The molecule has 1 N–H and O–H groups in total. The second-order valence-corrected chi connectivity index (χ2v) is 10.2. The van der Waals surface area contributed by atoms with Gasteiger partial charge in [0.15, 0.2) is 0 Å². The van der Waals surface area contributed by atoms with Crippen LogP contribution in [0.5, 0.6) is 5.75 Å². The number of hydrogen-bond donors (Lipinski definition) is 1. The zero-order chi connectivity index (χ0) is 26.0. The number of aliphatic hydroxyl groups is 1. The Morgan fingerprint density at radius 1 is 0.892 bits per heavy atom. The third-order valence-corrected chi connectivity index (χ3v) is 7.05. The lowest BCUT2D eigenvalue weighted by Crippen LogP contribution is -2.06. The van der Waals surface area contributed by atoms with Crippen molar-refractivity contribution in [2.24, 2.45) is 0 Å². The van der Waals surface area contributed by atoms with Gasteiger partial charge in [0.2, 0.25) is 0 Å². The van der Waals surface area contributed by atoms with Gasteiger partial charge in [-0.25, -0.2) is 4.39 Å². The summed E-state index contributed by atoms with van der Waals surface area (Å²) in [6.45, 7) is 4.88. The van der Waals surface area contributed by atoms with Gasteiger partial charge < -0.3 is 14.6 Å². The van der Waals surface area contributed by atoms with Gasteiger partial charge in [-0.15, -0.1) is 0 Å². The predicted octanol–water partition coefficient (Wildman–Crippen LogP) is 8.45. The summed E-state index contributed by atoms with van der Waals surface area (Å²) in [4.78, 5) is 0. The van der Waals surface area contributed by atoms with Crippen molar-refractivity contribution < 1.29 is 19.0 Å². The molecule has 4 heteroatoms. The quantitative estimate of drug-likeness (QED) is 0.211. The Kier molecular flexibility index (Phi) is 9.78. The first-order chi connectivity index (χ1) is 18.0. The molecule has 4 rings (SSSR count). The average Bonchev–Trinajstić information content (AvgIpc) is 2.92. The first-order valence-electron chi connectivity index (χ1n) is 13.6. The second kappa shape index (κ2) is 13.4. The Morgan fingerprint density at radius 3 is 2.32 bits per heavy atom. The summed E-state index contributed by atoms with van der Waals surface area (Å²) >= 11 is 0. The molecule has 0 unspecified atom stereocenters. The Labute approximate surface area is 221 Å². The molecule has 3 aromatic carbocycles. The van der Waals surface area contributed by atoms with E-state index in [1.807, 2.05) is 44.2 Å². The van der Waals surface area contributed by atoms with Crippen LogP contribution in [-0.4, -0.2) is 24.9 Å². The minimum absolute atomic E-state index is 0.114. The van der Waals surface area contributed by atoms with Crippen molar-refractivity contribution in [2.45, 2.75) is 64.7 Å². The highest BCUT2D eigenvalue weighted by Crippen LogP contribution is 2.35. The highest BCUT2D eigenvalue weighted by molar-refractivity contribution is 5.72. The molecule has 0 heterocycles. The zero-order valence-corrected chi connectivity index (χ0v) is 22.1. The minimum Gasteiger partial charge on any atom is -0.498 e. The van der Waals surface area contributed by atoms with Crippen molar-refractivity contribution in [1.82, 2.24) is 0 Å². The maximum absolute atomic E-state index is 15.4. The van der Waals surface area contributed by atoms with Gasteiger partial charge in [0.25, 0.3) is 0 Å². The lowest BCUT2D eigenvalue weighted by molar-refractivity contribution is 0.176. The highest BCUT2D eigenvalue weighted by atomic mass is 19.1. The summed E-state index contributed by atoms with van der Waals surface area (Å²) in [5.74, 6) is 1.11. The molecular formula is C33H39FO3. The fourth-order valence-electron chi connectivity index (χ4n) is 5.07. The fourth-order valence-corrected chi connectivity index (χ4v) is 5.07. The Morgan fingerprint density at radius 2 is 1.62 bits per heavy atom. The first-order valence-corrected chi connectivity index (χ1v) is 13.6. The predicted molar refractivity (Wildman–Crippen MR) is 149 cm³/mol. The van der Waals surface area contributed by atoms with E-state index in [1.165, 1.54) is 37.7 Å². The summed E-state index contributed by atoms with van der Waals surface area (Å²) in [6, 6.07) is 19.9. The molecule has 3 aromatic rings. The van der Waals surface area contributed by atoms with Crippen LogP contribution < -0.4 is 4.74 Å². The van der Waals surface area contributed by atoms with Crippen LogP contribution in [0.2, 0.25) is 0 Å². The lowest BCUT2D eigenvalue weighted by atomic mass is 9.83. The van der Waals surface area contributed by atoms with Crippen molar-refractivity contribution >= 4 is 0 Å². The third kappa shape index (κ3) is 7.45. The molecule has 0 amide bonds. The molecule has 0 radical (unpaired) electrons. The maximum atomic E-state index is 15.4. The average molecular weight is 503 g/mol. The molecule has 37 heavy (non-hydrogen) atoms. The van der Waals surface area contributed by atoms with Crippen molar-refractivity contribution in [3.63, 3.8) is 0 Å². The molecular weight excluding hydrogens is 463 g/mol. The largest absolute Gasteiger partial charge is 0.498 e. The van der Waals surface area contributed by atoms with E-state index in [0.29, 0.717) is 43.3 Å². The zero-order valence-electron chi connectivity index (χ0n) is 22.1. The normalized spacial score (nSPS) is 13.8. The van der Waals surface area contributed by atoms with E-state index in [2.05, 4.69) is 24.3 Å². The summed E-state index contributed by atoms with van der Waals surface area (Å²) in [5, 5.41) is 9.27. The molecule has 1 aliphatic rings. The molecule has 196 valence electrons. The van der Waals surface area contributed by atoms with E-state index in [9.17, 15) is 5.11 Å². The smallest absolute Gasteiger partial charge is 0.131 e. The van der Waals surface area contributed by atoms with Crippen LogP contribution >= 0.6 is 0 Å². The standard InChI is InChI=1S/C33H39FO3/c1-24(2)23-36-19-20-37-33-22-30(15-14-28(33)9-6-18-35)31-17-16-29(21-32(31)34)27-12-10-26(11-13-27)25-7-4-3-5-8-25/h10-17,21-23,25,35H,3-9,18-20H2,1-2H3. The van der Waals surface area contributed by atoms with Gasteiger partial charge in [-0.1, -0.05) is 67.8 Å². The SMILES string of the molecule is CC(C)=COCCOc1cc(-c2ccc(-c3ccc(C4CCCCC4)cc3)cc2F)ccc1CCCO. The topological polar surface area (TPSA) is 38.7 Å². The monoisotopic (exact) mass is 502 g/mol. The Balaban J connectivity index is 1.50. The summed E-state index contributed by atoms with van der Waals surface area (Å²) < 4.78 is 26.8. The number of hydrogen-bond acceptors (Lipinski definition) is 3. The van der Waals surface area contributed by atoms with Crippen LogP contribution in [0, 0.1) is 5.82 Å². The molecule has 0 spiro atoms. The lowest BCUT2D eigenvalue weighted by Gasteiger charge is -2.22. The van der Waals surface area contributed by atoms with Crippen molar-refractivity contribution in [1.29, 1.82) is 0 Å². The number of aliphatic hydroxyl groups excluding tert-OH is 1. The van der Waals surface area contributed by atoms with Crippen LogP contribution in [0.3, 0.4) is 0 Å². The highest BCUT2D eigenvalue weighted by Gasteiger charge is 2.16. The number of aryl methyl sites for hydroxylation is 1. The number of rotatable bonds is 11. The molecule has 1 saturated carbocycles. The van der Waals surface area contributed by atoms with E-state index in [4.69, 9.17) is 9.47 Å². The van der Waals surface area contributed by atoms with E-state index in [-0.39, 0.29) is 12.4 Å². The van der Waals surface area contributed by atoms with Crippen LogP contribution in [0.1, 0.15) is 69.4 Å². The molecule has 0 atom stereocenters. The van der Waals surface area contributed by atoms with E-state index in [1.54, 1.807) is 12.3 Å². The summed E-state index contributed by atoms with van der Waals surface area (Å²) in [6.07, 6.45) is 9.59. The van der Waals surface area contributed by atoms with Crippen LogP contribution in [-0.2, 0) is 11.2 Å². The van der Waals surface area contributed by atoms with E-state index < -0.39 is 0 Å². The second-order valence-electron chi connectivity index (χ2n) is 10.2. The number of benzene rings is 3. The molecule has 0 aliphatic heterocycles.